The summed E-state index contributed by atoms with van der Waals surface area (Å²) in [6, 6.07) is 0. The molecule has 0 saturated carbocycles. The van der Waals surface area contributed by atoms with Crippen molar-refractivity contribution in [3.05, 3.63) is 12.2 Å². The number of halogens is 3. The van der Waals surface area contributed by atoms with Gasteiger partial charge in [-0.05, 0) is 6.92 Å². The molecule has 122 valence electrons. The average molecular weight is 336 g/mol. The topological polar surface area (TPSA) is 176 Å². The van der Waals surface area contributed by atoms with E-state index in [1.165, 1.54) is 6.92 Å². The van der Waals surface area contributed by atoms with Crippen molar-refractivity contribution in [3.63, 3.8) is 0 Å². The summed E-state index contributed by atoms with van der Waals surface area (Å²) in [4.78, 5) is 0. The van der Waals surface area contributed by atoms with Gasteiger partial charge in [0.25, 0.3) is 10.1 Å². The van der Waals surface area contributed by atoms with Gasteiger partial charge in [-0.25, -0.2) is 0 Å². The molecule has 0 radical (unpaired) electrons. The first kappa shape index (κ1) is 32.8. The Kier molecular flexibility index (Phi) is 31.2. The molecule has 17 heteroatoms. The molecule has 0 aromatic heterocycles. The van der Waals surface area contributed by atoms with E-state index in [1.807, 2.05) is 0 Å². The fourth-order valence-corrected chi connectivity index (χ4v) is 0.934. The Morgan fingerprint density at radius 2 is 1.10 bits per heavy atom. The van der Waals surface area contributed by atoms with Gasteiger partial charge in [0.2, 0.25) is 0 Å². The number of rotatable bonds is 2. The number of hydrogen-bond donors (Lipinski definition) is 7. The summed E-state index contributed by atoms with van der Waals surface area (Å²) in [7, 11) is -11.8. The minimum atomic E-state index is -3.82. The summed E-state index contributed by atoms with van der Waals surface area (Å²) in [5.74, 6) is -0.340. The standard InChI is InChI=1S/C4H8O3S.3BFH2O2.Li.H/c1-4(2)3-8(5,6)7;3*2-1(3)4;;/h1,3H2,2H3,(H,5,6,7);3*3-4H;;. The third kappa shape index (κ3) is 260. The van der Waals surface area contributed by atoms with E-state index in [9.17, 15) is 21.4 Å². The molecule has 0 aliphatic rings. The molecule has 0 fully saturated rings. The first-order valence-electron chi connectivity index (χ1n) is 4.22. The maximum absolute atomic E-state index is 10.1. The molecule has 0 unspecified atom stereocenters. The van der Waals surface area contributed by atoms with Crippen molar-refractivity contribution in [2.24, 2.45) is 0 Å². The van der Waals surface area contributed by atoms with Crippen LogP contribution in [-0.4, -0.2) is 89.9 Å². The van der Waals surface area contributed by atoms with Gasteiger partial charge in [0.1, 0.15) is 0 Å². The van der Waals surface area contributed by atoms with Crippen molar-refractivity contribution in [3.8, 4) is 0 Å². The molecule has 21 heavy (non-hydrogen) atoms. The van der Waals surface area contributed by atoms with E-state index in [4.69, 9.17) is 34.7 Å². The molecule has 0 saturated heterocycles. The van der Waals surface area contributed by atoms with Gasteiger partial charge in [-0.2, -0.15) is 8.42 Å². The third-order valence-electron chi connectivity index (χ3n) is 0.429. The second-order valence-electron chi connectivity index (χ2n) is 2.62. The zero-order valence-electron chi connectivity index (χ0n) is 10.1. The van der Waals surface area contributed by atoms with Crippen molar-refractivity contribution in [1.82, 2.24) is 0 Å². The van der Waals surface area contributed by atoms with Crippen molar-refractivity contribution in [1.29, 1.82) is 0 Å². The van der Waals surface area contributed by atoms with Crippen LogP contribution in [0.4, 0.5) is 12.9 Å². The molecule has 0 bridgehead atoms. The Morgan fingerprint density at radius 3 is 1.10 bits per heavy atom. The van der Waals surface area contributed by atoms with E-state index < -0.39 is 32.3 Å². The van der Waals surface area contributed by atoms with Crippen LogP contribution in [0.5, 0.6) is 0 Å². The Labute approximate surface area is 132 Å². The van der Waals surface area contributed by atoms with Crippen LogP contribution in [0.1, 0.15) is 6.92 Å². The summed E-state index contributed by atoms with van der Waals surface area (Å²) >= 11 is 0. The summed E-state index contributed by atoms with van der Waals surface area (Å²) < 4.78 is 58.3. The first-order chi connectivity index (χ1) is 8.61. The van der Waals surface area contributed by atoms with Gasteiger partial charge in [-0.3, -0.25) is 17.5 Å². The van der Waals surface area contributed by atoms with Crippen molar-refractivity contribution in [2.75, 3.05) is 5.75 Å². The summed E-state index contributed by atoms with van der Waals surface area (Å²) in [5.41, 5.74) is 0.438. The maximum atomic E-state index is 10.1. The summed E-state index contributed by atoms with van der Waals surface area (Å²) in [6.45, 7) is 4.84. The van der Waals surface area contributed by atoms with E-state index in [2.05, 4.69) is 6.58 Å². The Balaban J connectivity index is -0.0000000570. The zero-order valence-corrected chi connectivity index (χ0v) is 11.0. The molecule has 0 rings (SSSR count). The molecule has 9 nitrogen and oxygen atoms in total. The van der Waals surface area contributed by atoms with Gasteiger partial charge in [0.15, 0.2) is 0 Å². The molecule has 0 aliphatic heterocycles. The minimum absolute atomic E-state index is 0. The Bertz CT molecular complexity index is 295. The zero-order chi connectivity index (χ0) is 17.5. The molecule has 0 aromatic rings. The van der Waals surface area contributed by atoms with Gasteiger partial charge >= 0.3 is 41.0 Å². The predicted molar refractivity (Wildman–Crippen MR) is 72.3 cm³/mol. The first-order valence-corrected chi connectivity index (χ1v) is 5.82. The van der Waals surface area contributed by atoms with E-state index in [0.29, 0.717) is 5.57 Å². The van der Waals surface area contributed by atoms with Gasteiger partial charge < -0.3 is 30.1 Å². The van der Waals surface area contributed by atoms with Gasteiger partial charge in [-0.1, -0.05) is 12.2 Å². The van der Waals surface area contributed by atoms with Gasteiger partial charge in [-0.15, -0.1) is 0 Å². The van der Waals surface area contributed by atoms with E-state index in [0.717, 1.165) is 0 Å². The van der Waals surface area contributed by atoms with Crippen LogP contribution in [0.2, 0.25) is 0 Å². The van der Waals surface area contributed by atoms with E-state index in [-0.39, 0.29) is 24.6 Å². The van der Waals surface area contributed by atoms with Crippen LogP contribution in [0.3, 0.4) is 0 Å². The van der Waals surface area contributed by atoms with Crippen LogP contribution in [0.25, 0.3) is 0 Å². The number of hydrogen-bond acceptors (Lipinski definition) is 8. The van der Waals surface area contributed by atoms with Crippen LogP contribution < -0.4 is 0 Å². The molecule has 0 heterocycles. The SMILES string of the molecule is C=C(C)CS(=O)(=O)O.OB(O)F.OB(O)F.OB(O)F.[LiH]. The second-order valence-corrected chi connectivity index (χ2v) is 4.07. The predicted octanol–water partition coefficient (Wildman–Crippen LogP) is -3.42. The van der Waals surface area contributed by atoms with E-state index in [1.54, 1.807) is 0 Å². The molecular weight excluding hydrogens is 320 g/mol. The second kappa shape index (κ2) is 20.0. The molecule has 0 aromatic carbocycles. The normalized spacial score (nSPS) is 8.14. The average Bonchev–Trinajstić information content (AvgIpc) is 1.92. The molecule has 0 atom stereocenters. The van der Waals surface area contributed by atoms with Crippen LogP contribution in [0, 0.1) is 0 Å². The summed E-state index contributed by atoms with van der Waals surface area (Å²) in [5, 5.41) is 41.7. The third-order valence-corrected chi connectivity index (χ3v) is 1.29. The van der Waals surface area contributed by atoms with Crippen molar-refractivity contribution < 1.29 is 56.1 Å². The molecule has 0 spiro atoms. The Hall–Kier alpha value is -0.00779. The Morgan fingerprint density at radius 1 is 0.952 bits per heavy atom. The van der Waals surface area contributed by atoms with E-state index >= 15 is 0 Å². The fraction of sp³-hybridized carbons (Fsp3) is 0.500. The summed E-state index contributed by atoms with van der Waals surface area (Å²) in [6.07, 6.45) is 0. The van der Waals surface area contributed by atoms with Crippen LogP contribution >= 0.6 is 0 Å². The van der Waals surface area contributed by atoms with Gasteiger partial charge in [0, 0.05) is 0 Å². The molecule has 7 N–H and O–H groups in total. The molecule has 0 aliphatic carbocycles. The van der Waals surface area contributed by atoms with Crippen molar-refractivity contribution >= 4 is 51.2 Å². The van der Waals surface area contributed by atoms with Gasteiger partial charge in [0.05, 0.1) is 5.75 Å². The van der Waals surface area contributed by atoms with Crippen molar-refractivity contribution in [2.45, 2.75) is 6.92 Å². The van der Waals surface area contributed by atoms with Crippen LogP contribution in [0.15, 0.2) is 12.2 Å². The fourth-order valence-electron chi connectivity index (χ4n) is 0.311. The molecule has 0 amide bonds. The monoisotopic (exact) mass is 336 g/mol. The quantitative estimate of drug-likeness (QED) is 0.154. The molecular formula is C4H15B3F3LiO9S. The van der Waals surface area contributed by atoms with Crippen LogP contribution in [-0.2, 0) is 10.1 Å².